The van der Waals surface area contributed by atoms with E-state index in [9.17, 15) is 0 Å². The van der Waals surface area contributed by atoms with Crippen molar-refractivity contribution < 1.29 is 19.4 Å². The average molecular weight is 721 g/mol. The van der Waals surface area contributed by atoms with Crippen LogP contribution in [0.15, 0.2) is 212 Å². The van der Waals surface area contributed by atoms with E-state index in [1.165, 1.54) is 26.6 Å². The van der Waals surface area contributed by atoms with Crippen molar-refractivity contribution in [2.24, 2.45) is 0 Å². The zero-order chi connectivity index (χ0) is 36.7. The van der Waals surface area contributed by atoms with Crippen LogP contribution in [0, 0.1) is 0 Å². The first-order valence-electron chi connectivity index (χ1n) is 18.0. The van der Waals surface area contributed by atoms with Gasteiger partial charge >= 0.3 is 198 Å². The van der Waals surface area contributed by atoms with Gasteiger partial charge in [0.15, 0.2) is 0 Å². The van der Waals surface area contributed by atoms with Gasteiger partial charge in [-0.05, 0) is 45.1 Å². The zero-order valence-corrected chi connectivity index (χ0v) is 30.5. The van der Waals surface area contributed by atoms with E-state index in [0.29, 0.717) is 5.75 Å². The van der Waals surface area contributed by atoms with Gasteiger partial charge in [0.05, 0.1) is 0 Å². The fourth-order valence-corrected chi connectivity index (χ4v) is 12.4. The predicted molar refractivity (Wildman–Crippen MR) is 229 cm³/mol. The van der Waals surface area contributed by atoms with E-state index in [0.717, 1.165) is 38.4 Å². The van der Waals surface area contributed by atoms with Crippen LogP contribution in [-0.2, 0) is 0 Å². The third kappa shape index (κ3) is 6.97. The van der Waals surface area contributed by atoms with Crippen LogP contribution in [0.5, 0.6) is 17.2 Å². The molecule has 0 spiro atoms. The normalized spacial score (nSPS) is 11.4. The van der Waals surface area contributed by atoms with E-state index >= 15 is 0 Å². The predicted octanol–water partition coefficient (Wildman–Crippen LogP) is 9.33. The van der Waals surface area contributed by atoms with Gasteiger partial charge < -0.3 is 14.7 Å². The molecule has 0 amide bonds. The molecule has 0 radical (unpaired) electrons. The Morgan fingerprint density at radius 3 is 1.44 bits per heavy atom. The molecule has 0 atom stereocenters. The molecule has 4 nitrogen and oxygen atoms in total. The summed E-state index contributed by atoms with van der Waals surface area (Å²) >= 11 is 0. The second-order valence-corrected chi connectivity index (χ2v) is 16.8. The second kappa shape index (κ2) is 15.8. The Morgan fingerprint density at radius 2 is 0.852 bits per heavy atom. The van der Waals surface area contributed by atoms with Crippen LogP contribution in [0.3, 0.4) is 0 Å². The quantitative estimate of drug-likeness (QED) is 0.0712. The molecule has 0 aliphatic heterocycles. The molecule has 0 saturated carbocycles. The molecule has 0 bridgehead atoms. The summed E-state index contributed by atoms with van der Waals surface area (Å²) < 4.78 is 11.7. The summed E-state index contributed by atoms with van der Waals surface area (Å²) in [4.78, 5) is 0. The van der Waals surface area contributed by atoms with Crippen molar-refractivity contribution >= 4 is 68.1 Å². The van der Waals surface area contributed by atoms with Crippen molar-refractivity contribution in [3.63, 3.8) is 0 Å². The van der Waals surface area contributed by atoms with Crippen LogP contribution in [0.2, 0.25) is 0 Å². The molecular weight excluding hydrogens is 682 g/mol. The van der Waals surface area contributed by atoms with Gasteiger partial charge in [-0.25, -0.2) is 0 Å². The van der Waals surface area contributed by atoms with E-state index < -0.39 is 14.6 Å². The molecular formula is C48H38BO4P. The van der Waals surface area contributed by atoms with E-state index in [-0.39, 0.29) is 0 Å². The van der Waals surface area contributed by atoms with E-state index in [1.807, 2.05) is 60.7 Å². The van der Waals surface area contributed by atoms with Gasteiger partial charge in [-0.2, -0.15) is 0 Å². The standard InChI is InChI=1S/C30H25OP.C18H13BO3/c1-5-15-25(16-6-1)31-29-23-13-14-24-30(29)32(26-17-7-2-8-18-26,27-19-9-3-10-20-27)28-21-11-4-12-22-28;20-19(21)22-17-7-3-6-12-8-9-15-10-13-4-1-2-5-14(13)11-16(15)18(12)17/h1-24,32H;1-11,20-21H. The Morgan fingerprint density at radius 1 is 0.389 bits per heavy atom. The summed E-state index contributed by atoms with van der Waals surface area (Å²) in [5.74, 6) is 2.22. The van der Waals surface area contributed by atoms with Gasteiger partial charge in [0.2, 0.25) is 0 Å². The molecule has 0 aromatic heterocycles. The molecule has 0 aliphatic rings. The molecule has 0 aliphatic carbocycles. The van der Waals surface area contributed by atoms with Crippen LogP contribution >= 0.6 is 7.26 Å². The van der Waals surface area contributed by atoms with Gasteiger partial charge in [0.25, 0.3) is 0 Å². The maximum absolute atomic E-state index is 9.14. The fraction of sp³-hybridized carbons (Fsp3) is 0. The Balaban J connectivity index is 0.000000164. The van der Waals surface area contributed by atoms with Crippen molar-refractivity contribution in [2.45, 2.75) is 0 Å². The molecule has 9 aromatic rings. The monoisotopic (exact) mass is 720 g/mol. The summed E-state index contributed by atoms with van der Waals surface area (Å²) in [6.07, 6.45) is 0. The topological polar surface area (TPSA) is 58.9 Å². The van der Waals surface area contributed by atoms with Crippen LogP contribution in [-0.4, -0.2) is 17.4 Å². The molecule has 0 unspecified atom stereocenters. The van der Waals surface area contributed by atoms with Crippen LogP contribution in [0.1, 0.15) is 0 Å². The summed E-state index contributed by atoms with van der Waals surface area (Å²) in [6, 6.07) is 73.4. The van der Waals surface area contributed by atoms with Crippen molar-refractivity contribution in [2.75, 3.05) is 0 Å². The molecule has 0 saturated heterocycles. The third-order valence-corrected chi connectivity index (χ3v) is 14.6. The Bertz CT molecular complexity index is 2540. The van der Waals surface area contributed by atoms with Crippen molar-refractivity contribution in [3.8, 4) is 17.2 Å². The fourth-order valence-electron chi connectivity index (χ4n) is 7.49. The Kier molecular flexibility index (Phi) is 10.2. The van der Waals surface area contributed by atoms with Crippen molar-refractivity contribution in [3.05, 3.63) is 212 Å². The van der Waals surface area contributed by atoms with Crippen LogP contribution < -0.4 is 30.6 Å². The van der Waals surface area contributed by atoms with Crippen molar-refractivity contribution in [1.29, 1.82) is 0 Å². The number of hydrogen-bond acceptors (Lipinski definition) is 4. The number of hydrogen-bond donors (Lipinski definition) is 2. The van der Waals surface area contributed by atoms with Crippen LogP contribution in [0.4, 0.5) is 0 Å². The number of para-hydroxylation sites is 2. The number of benzene rings is 9. The maximum atomic E-state index is 9.14. The van der Waals surface area contributed by atoms with Gasteiger partial charge in [-0.3, -0.25) is 0 Å². The van der Waals surface area contributed by atoms with Crippen LogP contribution in [0.25, 0.3) is 32.3 Å². The molecule has 54 heavy (non-hydrogen) atoms. The molecule has 9 rings (SSSR count). The molecule has 0 heterocycles. The first-order chi connectivity index (χ1) is 26.6. The van der Waals surface area contributed by atoms with Crippen molar-refractivity contribution in [1.82, 2.24) is 0 Å². The SMILES string of the molecule is OB(O)Oc1cccc2ccc3cc4ccccc4cc3c12.c1ccc(Oc2ccccc2[PH](c2ccccc2)(c2ccccc2)c2ccccc2)cc1. The zero-order valence-electron chi connectivity index (χ0n) is 29.5. The van der Waals surface area contributed by atoms with E-state index in [2.05, 4.69) is 146 Å². The first kappa shape index (κ1) is 34.8. The van der Waals surface area contributed by atoms with Gasteiger partial charge in [0, 0.05) is 5.39 Å². The molecule has 2 N–H and O–H groups in total. The average Bonchev–Trinajstić information content (AvgIpc) is 3.22. The second-order valence-electron chi connectivity index (χ2n) is 13.0. The van der Waals surface area contributed by atoms with Gasteiger partial charge in [0.1, 0.15) is 5.75 Å². The minimum atomic E-state index is -2.62. The Hall–Kier alpha value is -6.23. The minimum absolute atomic E-state index is 0.466. The molecule has 6 heteroatoms. The number of rotatable bonds is 8. The molecule has 0 fully saturated rings. The molecule has 262 valence electrons. The van der Waals surface area contributed by atoms with E-state index in [4.69, 9.17) is 19.4 Å². The number of fused-ring (bicyclic) bond motifs is 4. The summed E-state index contributed by atoms with van der Waals surface area (Å²) in [5.41, 5.74) is 0. The van der Waals surface area contributed by atoms with Gasteiger partial charge in [-0.1, -0.05) is 48.5 Å². The van der Waals surface area contributed by atoms with Gasteiger partial charge in [-0.15, -0.1) is 0 Å². The number of ether oxygens (including phenoxy) is 1. The first-order valence-corrected chi connectivity index (χ1v) is 20.0. The van der Waals surface area contributed by atoms with E-state index in [1.54, 1.807) is 6.07 Å². The summed E-state index contributed by atoms with van der Waals surface area (Å²) in [7, 11) is -4.46. The third-order valence-electron chi connectivity index (χ3n) is 9.80. The summed E-state index contributed by atoms with van der Waals surface area (Å²) in [5, 5.41) is 29.9. The Labute approximate surface area is 316 Å². The summed E-state index contributed by atoms with van der Waals surface area (Å²) in [6.45, 7) is 0. The molecule has 9 aromatic carbocycles.